The molecule has 0 aromatic heterocycles. The smallest absolute Gasteiger partial charge is 0.136 e. The first-order valence-electron chi connectivity index (χ1n) is 5.06. The lowest BCUT2D eigenvalue weighted by Crippen LogP contribution is -2.37. The van der Waals surface area contributed by atoms with Gasteiger partial charge >= 0.3 is 0 Å². The molecular formula is C10H15NO2. The van der Waals surface area contributed by atoms with Crippen LogP contribution in [0.4, 0.5) is 0 Å². The molecule has 0 saturated heterocycles. The summed E-state index contributed by atoms with van der Waals surface area (Å²) >= 11 is 0. The van der Waals surface area contributed by atoms with Crippen molar-refractivity contribution in [3.8, 4) is 0 Å². The lowest BCUT2D eigenvalue weighted by atomic mass is 9.69. The van der Waals surface area contributed by atoms with Crippen LogP contribution in [-0.4, -0.2) is 16.7 Å². The van der Waals surface area contributed by atoms with Crippen LogP contribution in [0.15, 0.2) is 5.16 Å². The fourth-order valence-corrected chi connectivity index (χ4v) is 2.68. The first kappa shape index (κ1) is 8.73. The average molecular weight is 181 g/mol. The minimum Gasteiger partial charge on any atom is -0.411 e. The zero-order valence-electron chi connectivity index (χ0n) is 7.70. The standard InChI is InChI=1S/C10H15NO2/c12-10-6-2-3-7-8(10)4-1-5-9(7)11-13/h7-8,13H,1-6H2/b11-9-/t7-,8-/m1/s1. The molecule has 0 amide bonds. The van der Waals surface area contributed by atoms with Crippen LogP contribution in [0.5, 0.6) is 0 Å². The molecule has 2 saturated carbocycles. The molecule has 0 radical (unpaired) electrons. The summed E-state index contributed by atoms with van der Waals surface area (Å²) in [6.45, 7) is 0. The molecule has 0 aromatic carbocycles. The van der Waals surface area contributed by atoms with E-state index in [9.17, 15) is 4.79 Å². The first-order valence-corrected chi connectivity index (χ1v) is 5.06. The zero-order chi connectivity index (χ0) is 9.26. The molecule has 2 fully saturated rings. The van der Waals surface area contributed by atoms with Gasteiger partial charge in [0.05, 0.1) is 5.71 Å². The third-order valence-electron chi connectivity index (χ3n) is 3.34. The van der Waals surface area contributed by atoms with E-state index in [2.05, 4.69) is 5.16 Å². The highest BCUT2D eigenvalue weighted by Gasteiger charge is 2.37. The lowest BCUT2D eigenvalue weighted by Gasteiger charge is -2.34. The molecule has 2 aliphatic rings. The van der Waals surface area contributed by atoms with Crippen molar-refractivity contribution in [3.63, 3.8) is 0 Å². The largest absolute Gasteiger partial charge is 0.411 e. The number of carbonyl (C=O) groups excluding carboxylic acids is 1. The van der Waals surface area contributed by atoms with Crippen molar-refractivity contribution in [2.75, 3.05) is 0 Å². The van der Waals surface area contributed by atoms with Gasteiger partial charge in [0.1, 0.15) is 5.78 Å². The van der Waals surface area contributed by atoms with Crippen LogP contribution in [0.25, 0.3) is 0 Å². The van der Waals surface area contributed by atoms with E-state index in [0.29, 0.717) is 5.78 Å². The monoisotopic (exact) mass is 181 g/mol. The summed E-state index contributed by atoms with van der Waals surface area (Å²) in [5.74, 6) is 0.825. The van der Waals surface area contributed by atoms with Gasteiger partial charge in [-0.3, -0.25) is 4.79 Å². The van der Waals surface area contributed by atoms with Crippen molar-refractivity contribution in [1.29, 1.82) is 0 Å². The molecular weight excluding hydrogens is 166 g/mol. The van der Waals surface area contributed by atoms with Gasteiger partial charge in [0.2, 0.25) is 0 Å². The number of nitrogens with zero attached hydrogens (tertiary/aromatic N) is 1. The van der Waals surface area contributed by atoms with Crippen molar-refractivity contribution >= 4 is 11.5 Å². The Bertz CT molecular complexity index is 247. The third-order valence-corrected chi connectivity index (χ3v) is 3.34. The molecule has 1 N–H and O–H groups in total. The van der Waals surface area contributed by atoms with E-state index in [-0.39, 0.29) is 11.8 Å². The van der Waals surface area contributed by atoms with E-state index in [0.717, 1.165) is 44.2 Å². The molecule has 0 unspecified atom stereocenters. The van der Waals surface area contributed by atoms with E-state index in [1.54, 1.807) is 0 Å². The normalized spacial score (nSPS) is 37.5. The van der Waals surface area contributed by atoms with Gasteiger partial charge in [0, 0.05) is 18.3 Å². The number of hydrogen-bond acceptors (Lipinski definition) is 3. The van der Waals surface area contributed by atoms with Gasteiger partial charge in [-0.1, -0.05) is 5.16 Å². The van der Waals surface area contributed by atoms with E-state index < -0.39 is 0 Å². The first-order chi connectivity index (χ1) is 6.33. The summed E-state index contributed by atoms with van der Waals surface area (Å²) in [4.78, 5) is 11.6. The number of hydrogen-bond donors (Lipinski definition) is 1. The van der Waals surface area contributed by atoms with Gasteiger partial charge in [-0.15, -0.1) is 0 Å². The molecule has 13 heavy (non-hydrogen) atoms. The summed E-state index contributed by atoms with van der Waals surface area (Å²) < 4.78 is 0. The highest BCUT2D eigenvalue weighted by atomic mass is 16.4. The van der Waals surface area contributed by atoms with Crippen LogP contribution < -0.4 is 0 Å². The van der Waals surface area contributed by atoms with Gasteiger partial charge in [-0.25, -0.2) is 0 Å². The number of carbonyl (C=O) groups is 1. The number of oxime groups is 1. The fraction of sp³-hybridized carbons (Fsp3) is 0.800. The van der Waals surface area contributed by atoms with Crippen LogP contribution in [0, 0.1) is 11.8 Å². The molecule has 0 spiro atoms. The quantitative estimate of drug-likeness (QED) is 0.459. The minimum absolute atomic E-state index is 0.174. The second kappa shape index (κ2) is 3.48. The Morgan fingerprint density at radius 1 is 1.15 bits per heavy atom. The number of Topliss-reactive ketones (excluding diaryl/α,β-unsaturated/α-hetero) is 1. The maximum Gasteiger partial charge on any atom is 0.136 e. The van der Waals surface area contributed by atoms with Crippen LogP contribution in [0.2, 0.25) is 0 Å². The van der Waals surface area contributed by atoms with Gasteiger partial charge < -0.3 is 5.21 Å². The Morgan fingerprint density at radius 3 is 2.62 bits per heavy atom. The fourth-order valence-electron chi connectivity index (χ4n) is 2.68. The van der Waals surface area contributed by atoms with Crippen LogP contribution in [0.3, 0.4) is 0 Å². The van der Waals surface area contributed by atoms with Crippen LogP contribution in [-0.2, 0) is 4.79 Å². The molecule has 0 bridgehead atoms. The van der Waals surface area contributed by atoms with Crippen molar-refractivity contribution in [3.05, 3.63) is 0 Å². The van der Waals surface area contributed by atoms with E-state index in [1.807, 2.05) is 0 Å². The highest BCUT2D eigenvalue weighted by molar-refractivity contribution is 5.94. The van der Waals surface area contributed by atoms with Crippen molar-refractivity contribution in [2.45, 2.75) is 38.5 Å². The number of fused-ring (bicyclic) bond motifs is 1. The highest BCUT2D eigenvalue weighted by Crippen LogP contribution is 2.36. The van der Waals surface area contributed by atoms with Gasteiger partial charge in [-0.2, -0.15) is 0 Å². The predicted octanol–water partition coefficient (Wildman–Crippen LogP) is 1.99. The Morgan fingerprint density at radius 2 is 1.85 bits per heavy atom. The molecule has 0 aromatic rings. The van der Waals surface area contributed by atoms with Crippen LogP contribution in [0.1, 0.15) is 38.5 Å². The average Bonchev–Trinajstić information content (AvgIpc) is 2.18. The SMILES string of the molecule is O=C1CCC[C@H]2/C(=N\O)CCC[C@@H]12. The van der Waals surface area contributed by atoms with Gasteiger partial charge in [0.25, 0.3) is 0 Å². The third kappa shape index (κ3) is 1.47. The summed E-state index contributed by atoms with van der Waals surface area (Å²) in [6, 6.07) is 0. The second-order valence-electron chi connectivity index (χ2n) is 4.06. The maximum atomic E-state index is 11.6. The molecule has 3 heteroatoms. The number of rotatable bonds is 0. The molecule has 0 heterocycles. The van der Waals surface area contributed by atoms with Crippen molar-refractivity contribution < 1.29 is 10.0 Å². The lowest BCUT2D eigenvalue weighted by molar-refractivity contribution is -0.126. The topological polar surface area (TPSA) is 49.7 Å². The van der Waals surface area contributed by atoms with E-state index in [1.165, 1.54) is 0 Å². The Balaban J connectivity index is 2.18. The molecule has 3 nitrogen and oxygen atoms in total. The Labute approximate surface area is 77.8 Å². The molecule has 0 aliphatic heterocycles. The van der Waals surface area contributed by atoms with Crippen molar-refractivity contribution in [1.82, 2.24) is 0 Å². The van der Waals surface area contributed by atoms with Crippen molar-refractivity contribution in [2.24, 2.45) is 17.0 Å². The predicted molar refractivity (Wildman–Crippen MR) is 48.9 cm³/mol. The zero-order valence-corrected chi connectivity index (χ0v) is 7.70. The van der Waals surface area contributed by atoms with E-state index in [4.69, 9.17) is 5.21 Å². The summed E-state index contributed by atoms with van der Waals surface area (Å²) in [5, 5.41) is 12.1. The molecule has 2 atom stereocenters. The molecule has 2 rings (SSSR count). The van der Waals surface area contributed by atoms with Crippen LogP contribution >= 0.6 is 0 Å². The molecule has 2 aliphatic carbocycles. The summed E-state index contributed by atoms with van der Waals surface area (Å²) in [6.07, 6.45) is 5.63. The Hall–Kier alpha value is -0.860. The molecule has 72 valence electrons. The Kier molecular flexibility index (Phi) is 2.34. The maximum absolute atomic E-state index is 11.6. The van der Waals surface area contributed by atoms with Gasteiger partial charge in [-0.05, 0) is 32.1 Å². The minimum atomic E-state index is 0.174. The van der Waals surface area contributed by atoms with Gasteiger partial charge in [0.15, 0.2) is 0 Å². The number of ketones is 1. The van der Waals surface area contributed by atoms with E-state index >= 15 is 0 Å². The summed E-state index contributed by atoms with van der Waals surface area (Å²) in [5.41, 5.74) is 0.865. The summed E-state index contributed by atoms with van der Waals surface area (Å²) in [7, 11) is 0. The second-order valence-corrected chi connectivity index (χ2v) is 4.06.